The molecule has 1 amide bonds. The summed E-state index contributed by atoms with van der Waals surface area (Å²) in [6.07, 6.45) is 7.10. The fraction of sp³-hybridized carbons (Fsp3) is 0.583. The van der Waals surface area contributed by atoms with E-state index in [0.29, 0.717) is 25.9 Å². The van der Waals surface area contributed by atoms with Gasteiger partial charge in [0, 0.05) is 31.9 Å². The van der Waals surface area contributed by atoms with Gasteiger partial charge in [-0.3, -0.25) is 4.79 Å². The molecule has 6 nitrogen and oxygen atoms in total. The van der Waals surface area contributed by atoms with Gasteiger partial charge in [-0.15, -0.1) is 0 Å². The molecule has 0 radical (unpaired) electrons. The van der Waals surface area contributed by atoms with Gasteiger partial charge in [-0.1, -0.05) is 0 Å². The van der Waals surface area contributed by atoms with Crippen molar-refractivity contribution in [2.24, 2.45) is 0 Å². The molecule has 1 unspecified atom stereocenters. The number of carbonyl (C=O) groups excluding carboxylic acids is 2. The predicted molar refractivity (Wildman–Crippen MR) is 63.6 cm³/mol. The van der Waals surface area contributed by atoms with Gasteiger partial charge in [0.2, 0.25) is 5.91 Å². The maximum Gasteiger partial charge on any atom is 0.328 e. The number of likely N-dealkylation sites (tertiary alicyclic amines) is 1. The second kappa shape index (κ2) is 5.66. The maximum absolute atomic E-state index is 12.1. The van der Waals surface area contributed by atoms with E-state index in [0.717, 1.165) is 6.42 Å². The number of aromatic nitrogens is 2. The molecule has 0 aliphatic carbocycles. The summed E-state index contributed by atoms with van der Waals surface area (Å²) in [6, 6.07) is -0.398. The van der Waals surface area contributed by atoms with Crippen LogP contribution < -0.4 is 0 Å². The molecule has 0 aromatic carbocycles. The third kappa shape index (κ3) is 2.69. The molecule has 0 N–H and O–H groups in total. The van der Waals surface area contributed by atoms with Gasteiger partial charge in [0.05, 0.1) is 13.4 Å². The normalized spacial score (nSPS) is 18.9. The van der Waals surface area contributed by atoms with Crippen LogP contribution in [0.5, 0.6) is 0 Å². The summed E-state index contributed by atoms with van der Waals surface area (Å²) in [4.78, 5) is 29.1. The number of hydrogen-bond donors (Lipinski definition) is 0. The number of ether oxygens (including phenoxy) is 1. The smallest absolute Gasteiger partial charge is 0.328 e. The zero-order chi connectivity index (χ0) is 13.0. The van der Waals surface area contributed by atoms with Crippen molar-refractivity contribution in [2.45, 2.75) is 31.8 Å². The molecule has 0 bridgehead atoms. The van der Waals surface area contributed by atoms with Gasteiger partial charge in [0.15, 0.2) is 0 Å². The van der Waals surface area contributed by atoms with Gasteiger partial charge in [-0.05, 0) is 12.8 Å². The first-order chi connectivity index (χ1) is 8.72. The number of rotatable bonds is 4. The van der Waals surface area contributed by atoms with E-state index in [2.05, 4.69) is 4.98 Å². The monoisotopic (exact) mass is 251 g/mol. The Labute approximate surface area is 106 Å². The number of hydrogen-bond acceptors (Lipinski definition) is 4. The van der Waals surface area contributed by atoms with Crippen LogP contribution in [0.3, 0.4) is 0 Å². The lowest BCUT2D eigenvalue weighted by Crippen LogP contribution is -2.41. The Kier molecular flexibility index (Phi) is 3.96. The van der Waals surface area contributed by atoms with E-state index in [1.165, 1.54) is 7.11 Å². The van der Waals surface area contributed by atoms with Gasteiger partial charge in [-0.25, -0.2) is 9.78 Å². The molecule has 98 valence electrons. The predicted octanol–water partition coefficient (Wildman–Crippen LogP) is 0.437. The van der Waals surface area contributed by atoms with Crippen LogP contribution in [0.4, 0.5) is 0 Å². The molecule has 6 heteroatoms. The molecule has 0 spiro atoms. The Balaban J connectivity index is 1.89. The van der Waals surface area contributed by atoms with Gasteiger partial charge in [0.25, 0.3) is 0 Å². The number of methoxy groups -OCH3 is 1. The number of amides is 1. The largest absolute Gasteiger partial charge is 0.467 e. The van der Waals surface area contributed by atoms with E-state index in [1.54, 1.807) is 17.4 Å². The molecule has 2 rings (SSSR count). The van der Waals surface area contributed by atoms with Crippen molar-refractivity contribution in [3.63, 3.8) is 0 Å². The van der Waals surface area contributed by atoms with Crippen LogP contribution in [0.15, 0.2) is 18.7 Å². The minimum atomic E-state index is -0.398. The Hall–Kier alpha value is -1.85. The molecule has 2 heterocycles. The highest BCUT2D eigenvalue weighted by Crippen LogP contribution is 2.19. The lowest BCUT2D eigenvalue weighted by Gasteiger charge is -2.22. The van der Waals surface area contributed by atoms with Crippen molar-refractivity contribution in [2.75, 3.05) is 13.7 Å². The van der Waals surface area contributed by atoms with Crippen LogP contribution in [-0.2, 0) is 20.9 Å². The van der Waals surface area contributed by atoms with Crippen LogP contribution in [0.1, 0.15) is 19.3 Å². The van der Waals surface area contributed by atoms with Crippen molar-refractivity contribution < 1.29 is 14.3 Å². The first-order valence-electron chi connectivity index (χ1n) is 6.05. The summed E-state index contributed by atoms with van der Waals surface area (Å²) in [5.74, 6) is -0.319. The van der Waals surface area contributed by atoms with E-state index in [9.17, 15) is 9.59 Å². The van der Waals surface area contributed by atoms with Crippen molar-refractivity contribution >= 4 is 11.9 Å². The quantitative estimate of drug-likeness (QED) is 0.728. The topological polar surface area (TPSA) is 64.4 Å². The molecule has 1 aromatic rings. The number of nitrogens with zero attached hydrogens (tertiary/aromatic N) is 3. The van der Waals surface area contributed by atoms with Gasteiger partial charge < -0.3 is 14.2 Å². The maximum atomic E-state index is 12.1. The van der Waals surface area contributed by atoms with Gasteiger partial charge in [-0.2, -0.15) is 0 Å². The fourth-order valence-corrected chi connectivity index (χ4v) is 2.23. The SMILES string of the molecule is COC(=O)C1CCCN1C(=O)CCn1ccnc1. The van der Waals surface area contributed by atoms with E-state index in [-0.39, 0.29) is 11.9 Å². The molecule has 1 aliphatic heterocycles. The van der Waals surface area contributed by atoms with Crippen molar-refractivity contribution in [1.82, 2.24) is 14.5 Å². The Bertz CT molecular complexity index is 416. The number of esters is 1. The molecular weight excluding hydrogens is 234 g/mol. The van der Waals surface area contributed by atoms with Crippen LogP contribution in [-0.4, -0.2) is 46.0 Å². The average Bonchev–Trinajstić information content (AvgIpc) is 3.05. The first-order valence-corrected chi connectivity index (χ1v) is 6.05. The summed E-state index contributed by atoms with van der Waals surface area (Å²) < 4.78 is 6.57. The zero-order valence-electron chi connectivity index (χ0n) is 10.4. The summed E-state index contributed by atoms with van der Waals surface area (Å²) in [5.41, 5.74) is 0. The first kappa shape index (κ1) is 12.6. The standard InChI is InChI=1S/C12H17N3O3/c1-18-12(17)10-3-2-6-15(10)11(16)4-7-14-8-5-13-9-14/h5,8-10H,2-4,6-7H2,1H3. The number of imidazole rings is 1. The minimum absolute atomic E-state index is 0.00315. The van der Waals surface area contributed by atoms with Gasteiger partial charge in [0.1, 0.15) is 6.04 Å². The average molecular weight is 251 g/mol. The zero-order valence-corrected chi connectivity index (χ0v) is 10.4. The number of carbonyl (C=O) groups is 2. The summed E-state index contributed by atoms with van der Waals surface area (Å²) in [6.45, 7) is 1.23. The highest BCUT2D eigenvalue weighted by atomic mass is 16.5. The fourth-order valence-electron chi connectivity index (χ4n) is 2.23. The third-order valence-electron chi connectivity index (χ3n) is 3.19. The van der Waals surface area contributed by atoms with Crippen LogP contribution in [0.25, 0.3) is 0 Å². The molecule has 1 atom stereocenters. The van der Waals surface area contributed by atoms with Crippen molar-refractivity contribution in [3.8, 4) is 0 Å². The molecule has 0 saturated carbocycles. The molecule has 1 fully saturated rings. The highest BCUT2D eigenvalue weighted by molar-refractivity contribution is 5.85. The lowest BCUT2D eigenvalue weighted by molar-refractivity contribution is -0.151. The molecule has 1 aromatic heterocycles. The molecule has 18 heavy (non-hydrogen) atoms. The summed E-state index contributed by atoms with van der Waals surface area (Å²) >= 11 is 0. The van der Waals surface area contributed by atoms with Gasteiger partial charge >= 0.3 is 5.97 Å². The second-order valence-corrected chi connectivity index (χ2v) is 4.32. The van der Waals surface area contributed by atoms with Crippen LogP contribution >= 0.6 is 0 Å². The van der Waals surface area contributed by atoms with E-state index < -0.39 is 6.04 Å². The van der Waals surface area contributed by atoms with E-state index in [1.807, 2.05) is 10.8 Å². The third-order valence-corrected chi connectivity index (χ3v) is 3.19. The lowest BCUT2D eigenvalue weighted by atomic mass is 10.2. The second-order valence-electron chi connectivity index (χ2n) is 4.32. The number of aryl methyl sites for hydroxylation is 1. The van der Waals surface area contributed by atoms with E-state index in [4.69, 9.17) is 4.74 Å². The Morgan fingerprint density at radius 3 is 3.00 bits per heavy atom. The minimum Gasteiger partial charge on any atom is -0.467 e. The summed E-state index contributed by atoms with van der Waals surface area (Å²) in [5, 5.41) is 0. The Morgan fingerprint density at radius 2 is 2.33 bits per heavy atom. The van der Waals surface area contributed by atoms with Crippen LogP contribution in [0.2, 0.25) is 0 Å². The van der Waals surface area contributed by atoms with Crippen LogP contribution in [0, 0.1) is 0 Å². The molecule has 1 saturated heterocycles. The summed E-state index contributed by atoms with van der Waals surface area (Å²) in [7, 11) is 1.36. The highest BCUT2D eigenvalue weighted by Gasteiger charge is 2.34. The van der Waals surface area contributed by atoms with Crippen molar-refractivity contribution in [1.29, 1.82) is 0 Å². The van der Waals surface area contributed by atoms with Crippen molar-refractivity contribution in [3.05, 3.63) is 18.7 Å². The Morgan fingerprint density at radius 1 is 1.50 bits per heavy atom. The molecular formula is C12H17N3O3. The van der Waals surface area contributed by atoms with E-state index >= 15 is 0 Å². The molecule has 1 aliphatic rings.